The Morgan fingerprint density at radius 1 is 1.12 bits per heavy atom. The molecule has 0 aromatic rings. The molecular weight excluding hydrogens is 196 g/mol. The van der Waals surface area contributed by atoms with Crippen molar-refractivity contribution >= 4 is 5.78 Å². The van der Waals surface area contributed by atoms with E-state index in [1.54, 1.807) is 6.92 Å². The third-order valence-corrected chi connectivity index (χ3v) is 3.17. The van der Waals surface area contributed by atoms with Gasteiger partial charge in [0.1, 0.15) is 0 Å². The third kappa shape index (κ3) is 2.41. The number of hydrogen-bond acceptors (Lipinski definition) is 1. The molecule has 0 aromatic heterocycles. The maximum atomic E-state index is 11.7. The Balaban J connectivity index is 2.31. The van der Waals surface area contributed by atoms with Gasteiger partial charge >= 0.3 is 0 Å². The lowest BCUT2D eigenvalue weighted by molar-refractivity contribution is -0.113. The molecule has 0 fully saturated rings. The van der Waals surface area contributed by atoms with E-state index in [9.17, 15) is 4.79 Å². The van der Waals surface area contributed by atoms with Crippen LogP contribution in [0.25, 0.3) is 0 Å². The van der Waals surface area contributed by atoms with E-state index in [4.69, 9.17) is 0 Å². The summed E-state index contributed by atoms with van der Waals surface area (Å²) in [6.45, 7) is 1.67. The molecule has 0 saturated heterocycles. The molecule has 0 amide bonds. The Kier molecular flexibility index (Phi) is 3.55. The van der Waals surface area contributed by atoms with Crippen molar-refractivity contribution in [3.63, 3.8) is 0 Å². The second-order valence-electron chi connectivity index (χ2n) is 4.41. The Morgan fingerprint density at radius 3 is 2.38 bits per heavy atom. The van der Waals surface area contributed by atoms with Crippen LogP contribution < -0.4 is 0 Å². The lowest BCUT2D eigenvalue weighted by atomic mass is 9.87. The highest BCUT2D eigenvalue weighted by atomic mass is 16.1. The van der Waals surface area contributed by atoms with E-state index >= 15 is 0 Å². The molecule has 0 heterocycles. The van der Waals surface area contributed by atoms with E-state index in [0.29, 0.717) is 5.92 Å². The van der Waals surface area contributed by atoms with E-state index in [1.165, 1.54) is 18.4 Å². The molecule has 1 heteroatoms. The molecular formula is C15H18O. The molecule has 0 atom stereocenters. The first-order valence-corrected chi connectivity index (χ1v) is 6.05. The summed E-state index contributed by atoms with van der Waals surface area (Å²) in [5, 5.41) is 0. The summed E-state index contributed by atoms with van der Waals surface area (Å²) in [5.74, 6) is 0.509. The van der Waals surface area contributed by atoms with Crippen LogP contribution >= 0.6 is 0 Å². The van der Waals surface area contributed by atoms with Crippen LogP contribution in [0.3, 0.4) is 0 Å². The fraction of sp³-hybridized carbons (Fsp3) is 0.400. The fourth-order valence-corrected chi connectivity index (χ4v) is 2.32. The van der Waals surface area contributed by atoms with Crippen molar-refractivity contribution in [1.82, 2.24) is 0 Å². The van der Waals surface area contributed by atoms with Gasteiger partial charge in [0.25, 0.3) is 0 Å². The number of Topliss-reactive ketones (excluding diaryl/α,β-unsaturated/α-hetero) is 1. The molecule has 1 nitrogen and oxygen atoms in total. The highest BCUT2D eigenvalue weighted by Crippen LogP contribution is 2.29. The molecule has 0 spiro atoms. The van der Waals surface area contributed by atoms with Gasteiger partial charge in [-0.1, -0.05) is 36.5 Å². The Morgan fingerprint density at radius 2 is 1.75 bits per heavy atom. The molecule has 2 aliphatic carbocycles. The van der Waals surface area contributed by atoms with E-state index in [0.717, 1.165) is 18.4 Å². The highest BCUT2D eigenvalue weighted by Gasteiger charge is 2.18. The molecule has 0 aliphatic heterocycles. The summed E-state index contributed by atoms with van der Waals surface area (Å²) in [5.41, 5.74) is 2.14. The molecule has 16 heavy (non-hydrogen) atoms. The molecule has 0 bridgehead atoms. The number of rotatable bonds is 2. The quantitative estimate of drug-likeness (QED) is 0.684. The standard InChI is InChI=1S/C15H18O/c1-12(16)14-10-4-2-3-5-11-15(14)13-8-6-7-9-13/h6-11,13H,2-5H2,1H3. The maximum Gasteiger partial charge on any atom is 0.159 e. The number of ketones is 1. The largest absolute Gasteiger partial charge is 0.295 e. The van der Waals surface area contributed by atoms with Crippen molar-refractivity contribution in [3.8, 4) is 0 Å². The molecule has 2 aliphatic rings. The Hall–Kier alpha value is -1.37. The maximum absolute atomic E-state index is 11.7. The smallest absolute Gasteiger partial charge is 0.159 e. The van der Waals surface area contributed by atoms with Crippen molar-refractivity contribution in [3.05, 3.63) is 47.6 Å². The first-order valence-electron chi connectivity index (χ1n) is 6.05. The zero-order valence-electron chi connectivity index (χ0n) is 9.78. The Bertz CT molecular complexity index is 382. The summed E-state index contributed by atoms with van der Waals surface area (Å²) in [7, 11) is 0. The highest BCUT2D eigenvalue weighted by molar-refractivity contribution is 5.98. The van der Waals surface area contributed by atoms with Crippen molar-refractivity contribution in [2.24, 2.45) is 5.92 Å². The SMILES string of the molecule is CC(=O)C1=CCCCCC=C1C1C=CC=C1. The lowest BCUT2D eigenvalue weighted by Gasteiger charge is -2.16. The van der Waals surface area contributed by atoms with Crippen LogP contribution in [0.2, 0.25) is 0 Å². The van der Waals surface area contributed by atoms with Gasteiger partial charge in [0.15, 0.2) is 5.78 Å². The second kappa shape index (κ2) is 5.11. The zero-order valence-corrected chi connectivity index (χ0v) is 9.78. The molecule has 0 saturated carbocycles. The van der Waals surface area contributed by atoms with Crippen LogP contribution in [0.1, 0.15) is 32.6 Å². The van der Waals surface area contributed by atoms with Crippen LogP contribution in [0, 0.1) is 5.92 Å². The average molecular weight is 214 g/mol. The molecule has 0 aromatic carbocycles. The van der Waals surface area contributed by atoms with E-state index in [2.05, 4.69) is 36.5 Å². The monoisotopic (exact) mass is 214 g/mol. The van der Waals surface area contributed by atoms with Gasteiger partial charge in [-0.05, 0) is 38.2 Å². The van der Waals surface area contributed by atoms with Crippen LogP contribution in [0.4, 0.5) is 0 Å². The van der Waals surface area contributed by atoms with Gasteiger partial charge < -0.3 is 0 Å². The van der Waals surface area contributed by atoms with Crippen molar-refractivity contribution in [2.45, 2.75) is 32.6 Å². The molecule has 0 N–H and O–H groups in total. The second-order valence-corrected chi connectivity index (χ2v) is 4.41. The minimum Gasteiger partial charge on any atom is -0.295 e. The van der Waals surface area contributed by atoms with Gasteiger partial charge in [0, 0.05) is 11.5 Å². The van der Waals surface area contributed by atoms with Gasteiger partial charge in [-0.2, -0.15) is 0 Å². The number of hydrogen-bond donors (Lipinski definition) is 0. The topological polar surface area (TPSA) is 17.1 Å². The predicted octanol–water partition coefficient (Wildman–Crippen LogP) is 3.74. The lowest BCUT2D eigenvalue weighted by Crippen LogP contribution is -2.08. The first kappa shape index (κ1) is 11.1. The average Bonchev–Trinajstić information content (AvgIpc) is 2.69. The van der Waals surface area contributed by atoms with Crippen LogP contribution in [0.5, 0.6) is 0 Å². The minimum absolute atomic E-state index is 0.196. The van der Waals surface area contributed by atoms with Crippen LogP contribution in [-0.4, -0.2) is 5.78 Å². The van der Waals surface area contributed by atoms with Gasteiger partial charge in [-0.25, -0.2) is 0 Å². The molecule has 0 radical (unpaired) electrons. The molecule has 0 unspecified atom stereocenters. The zero-order chi connectivity index (χ0) is 11.4. The summed E-state index contributed by atoms with van der Waals surface area (Å²) < 4.78 is 0. The summed E-state index contributed by atoms with van der Waals surface area (Å²) >= 11 is 0. The van der Waals surface area contributed by atoms with Gasteiger partial charge in [0.05, 0.1) is 0 Å². The van der Waals surface area contributed by atoms with E-state index in [1.807, 2.05) is 0 Å². The first-order chi connectivity index (χ1) is 7.79. The Labute approximate surface area is 97.2 Å². The number of allylic oxidation sites excluding steroid dienone is 8. The fourth-order valence-electron chi connectivity index (χ4n) is 2.32. The summed E-state index contributed by atoms with van der Waals surface area (Å²) in [4.78, 5) is 11.7. The van der Waals surface area contributed by atoms with Crippen molar-refractivity contribution < 1.29 is 4.79 Å². The van der Waals surface area contributed by atoms with E-state index in [-0.39, 0.29) is 5.78 Å². The minimum atomic E-state index is 0.196. The molecule has 84 valence electrons. The van der Waals surface area contributed by atoms with Crippen molar-refractivity contribution in [1.29, 1.82) is 0 Å². The third-order valence-electron chi connectivity index (χ3n) is 3.17. The van der Waals surface area contributed by atoms with Crippen molar-refractivity contribution in [2.75, 3.05) is 0 Å². The summed E-state index contributed by atoms with van der Waals surface area (Å²) in [6, 6.07) is 0. The normalized spacial score (nSPS) is 21.3. The van der Waals surface area contributed by atoms with Gasteiger partial charge in [-0.15, -0.1) is 0 Å². The summed E-state index contributed by atoms with van der Waals surface area (Å²) in [6.07, 6.45) is 17.3. The molecule has 2 rings (SSSR count). The van der Waals surface area contributed by atoms with Crippen LogP contribution in [0.15, 0.2) is 47.6 Å². The van der Waals surface area contributed by atoms with Gasteiger partial charge in [0.2, 0.25) is 0 Å². The number of carbonyl (C=O) groups is 1. The van der Waals surface area contributed by atoms with Crippen LogP contribution in [-0.2, 0) is 4.79 Å². The van der Waals surface area contributed by atoms with E-state index < -0.39 is 0 Å². The number of carbonyl (C=O) groups excluding carboxylic acids is 1. The predicted molar refractivity (Wildman–Crippen MR) is 67.1 cm³/mol. The van der Waals surface area contributed by atoms with Gasteiger partial charge in [-0.3, -0.25) is 4.79 Å².